The molecule has 0 spiro atoms. The predicted molar refractivity (Wildman–Crippen MR) is 61.5 cm³/mol. The maximum absolute atomic E-state index is 5.65. The van der Waals surface area contributed by atoms with E-state index < -0.39 is 0 Å². The highest BCUT2D eigenvalue weighted by Crippen LogP contribution is 2.19. The smallest absolute Gasteiger partial charge is 0.298 e. The fourth-order valence-electron chi connectivity index (χ4n) is 1.76. The van der Waals surface area contributed by atoms with Gasteiger partial charge < -0.3 is 4.74 Å². The van der Waals surface area contributed by atoms with Crippen molar-refractivity contribution in [3.8, 4) is 0 Å². The molecule has 1 atom stereocenters. The molecule has 15 heavy (non-hydrogen) atoms. The van der Waals surface area contributed by atoms with Crippen molar-refractivity contribution >= 4 is 11.9 Å². The summed E-state index contributed by atoms with van der Waals surface area (Å²) in [5.41, 5.74) is 2.44. The van der Waals surface area contributed by atoms with Gasteiger partial charge >= 0.3 is 0 Å². The summed E-state index contributed by atoms with van der Waals surface area (Å²) in [6.07, 6.45) is 4.12. The van der Waals surface area contributed by atoms with E-state index in [1.165, 1.54) is 11.3 Å². The molecule has 0 saturated carbocycles. The van der Waals surface area contributed by atoms with Gasteiger partial charge in [-0.15, -0.1) is 0 Å². The third kappa shape index (κ3) is 2.09. The highest BCUT2D eigenvalue weighted by Gasteiger charge is 2.21. The van der Waals surface area contributed by atoms with Gasteiger partial charge in [-0.1, -0.05) is 12.1 Å². The first-order valence-electron chi connectivity index (χ1n) is 5.20. The Morgan fingerprint density at radius 2 is 2.07 bits per heavy atom. The Morgan fingerprint density at radius 3 is 2.73 bits per heavy atom. The zero-order valence-corrected chi connectivity index (χ0v) is 9.40. The van der Waals surface area contributed by atoms with Crippen molar-refractivity contribution in [1.29, 1.82) is 0 Å². The quantitative estimate of drug-likeness (QED) is 0.638. The lowest BCUT2D eigenvalue weighted by atomic mass is 10.2. The van der Waals surface area contributed by atoms with E-state index in [0.29, 0.717) is 0 Å². The van der Waals surface area contributed by atoms with Gasteiger partial charge in [0.05, 0.1) is 0 Å². The average molecular weight is 202 g/mol. The molecule has 1 aliphatic heterocycles. The Balaban J connectivity index is 2.39. The van der Waals surface area contributed by atoms with Crippen molar-refractivity contribution in [2.75, 3.05) is 0 Å². The van der Waals surface area contributed by atoms with E-state index in [9.17, 15) is 0 Å². The summed E-state index contributed by atoms with van der Waals surface area (Å²) in [6, 6.07) is 8.42. The number of aryl methyl sites for hydroxylation is 1. The summed E-state index contributed by atoms with van der Waals surface area (Å²) in [6.45, 7) is 6.12. The predicted octanol–water partition coefficient (Wildman–Crippen LogP) is 2.99. The van der Waals surface area contributed by atoms with Crippen LogP contribution in [0.3, 0.4) is 0 Å². The summed E-state index contributed by atoms with van der Waals surface area (Å²) in [4.78, 5) is 0. The molecule has 0 amide bonds. The molecule has 0 radical (unpaired) electrons. The molecule has 1 aromatic carbocycles. The van der Waals surface area contributed by atoms with Crippen LogP contribution in [0.2, 0.25) is 0 Å². The molecule has 2 nitrogen and oxygen atoms in total. The fraction of sp³-hybridized carbons (Fsp3) is 0.308. The topological polar surface area (TPSA) is 12.2 Å². The van der Waals surface area contributed by atoms with Crippen LogP contribution in [-0.4, -0.2) is 17.0 Å². The monoisotopic (exact) mass is 202 g/mol. The molecule has 0 aliphatic carbocycles. The summed E-state index contributed by atoms with van der Waals surface area (Å²) in [5, 5.41) is 0. The van der Waals surface area contributed by atoms with Crippen LogP contribution in [0.1, 0.15) is 19.4 Å². The molecule has 0 fully saturated rings. The third-order valence-corrected chi connectivity index (χ3v) is 2.52. The standard InChI is InChI=1S/C13H16NO/c1-10-5-4-6-13(9-10)14-8-7-11(2)15-12(14)3/h4-9,12H,1-3H3/q+1. The molecular formula is C13H16NO+. The third-order valence-electron chi connectivity index (χ3n) is 2.52. The molecule has 0 bridgehead atoms. The van der Waals surface area contributed by atoms with Gasteiger partial charge in [0.2, 0.25) is 5.69 Å². The Hall–Kier alpha value is -1.57. The first-order valence-corrected chi connectivity index (χ1v) is 5.20. The average Bonchev–Trinajstić information content (AvgIpc) is 2.17. The Morgan fingerprint density at radius 1 is 1.27 bits per heavy atom. The second kappa shape index (κ2) is 3.89. The summed E-state index contributed by atoms with van der Waals surface area (Å²) in [7, 11) is 0. The second-order valence-electron chi connectivity index (χ2n) is 3.89. The largest absolute Gasteiger partial charge is 0.438 e. The second-order valence-corrected chi connectivity index (χ2v) is 3.89. The van der Waals surface area contributed by atoms with E-state index in [0.717, 1.165) is 5.76 Å². The molecule has 1 aliphatic rings. The fourth-order valence-corrected chi connectivity index (χ4v) is 1.76. The van der Waals surface area contributed by atoms with E-state index in [4.69, 9.17) is 4.74 Å². The van der Waals surface area contributed by atoms with Crippen molar-refractivity contribution in [2.45, 2.75) is 27.0 Å². The minimum Gasteiger partial charge on any atom is -0.438 e. The number of hydrogen-bond donors (Lipinski definition) is 0. The number of ether oxygens (including phenoxy) is 1. The summed E-state index contributed by atoms with van der Waals surface area (Å²) >= 11 is 0. The van der Waals surface area contributed by atoms with E-state index in [-0.39, 0.29) is 6.23 Å². The van der Waals surface area contributed by atoms with E-state index in [1.807, 2.05) is 13.0 Å². The lowest BCUT2D eigenvalue weighted by Gasteiger charge is -2.16. The van der Waals surface area contributed by atoms with Crippen molar-refractivity contribution in [1.82, 2.24) is 0 Å². The van der Waals surface area contributed by atoms with Crippen LogP contribution >= 0.6 is 0 Å². The Bertz CT molecular complexity index is 432. The molecule has 0 saturated heterocycles. The van der Waals surface area contributed by atoms with Gasteiger partial charge in [0.25, 0.3) is 6.23 Å². The molecule has 1 aromatic rings. The van der Waals surface area contributed by atoms with Crippen LogP contribution in [0, 0.1) is 6.92 Å². The SMILES string of the molecule is CC1=CC=[N+](c2cccc(C)c2)C(C)O1. The molecular weight excluding hydrogens is 186 g/mol. The maximum Gasteiger partial charge on any atom is 0.298 e. The lowest BCUT2D eigenvalue weighted by Crippen LogP contribution is -2.25. The normalized spacial score (nSPS) is 20.3. The van der Waals surface area contributed by atoms with Gasteiger partial charge in [-0.2, -0.15) is 4.58 Å². The Labute approximate surface area is 90.5 Å². The number of rotatable bonds is 1. The molecule has 1 heterocycles. The van der Waals surface area contributed by atoms with Gasteiger partial charge in [-0.3, -0.25) is 0 Å². The van der Waals surface area contributed by atoms with Crippen LogP contribution in [0.25, 0.3) is 0 Å². The number of hydrogen-bond acceptors (Lipinski definition) is 1. The first-order chi connectivity index (χ1) is 7.16. The van der Waals surface area contributed by atoms with Crippen molar-refractivity contribution in [2.24, 2.45) is 0 Å². The van der Waals surface area contributed by atoms with Crippen LogP contribution in [0.4, 0.5) is 5.69 Å². The van der Waals surface area contributed by atoms with Crippen LogP contribution in [-0.2, 0) is 4.74 Å². The molecule has 2 rings (SSSR count). The number of benzene rings is 1. The molecule has 1 unspecified atom stereocenters. The Kier molecular flexibility index (Phi) is 2.58. The number of allylic oxidation sites excluding steroid dienone is 2. The van der Waals surface area contributed by atoms with Crippen molar-refractivity contribution in [3.63, 3.8) is 0 Å². The number of nitrogens with zero attached hydrogens (tertiary/aromatic N) is 1. The van der Waals surface area contributed by atoms with Gasteiger partial charge in [0.1, 0.15) is 5.76 Å². The van der Waals surface area contributed by atoms with Crippen molar-refractivity contribution < 1.29 is 9.31 Å². The van der Waals surface area contributed by atoms with E-state index in [2.05, 4.69) is 48.9 Å². The molecule has 0 aromatic heterocycles. The van der Waals surface area contributed by atoms with Gasteiger partial charge in [0.15, 0.2) is 6.21 Å². The molecule has 78 valence electrons. The van der Waals surface area contributed by atoms with E-state index in [1.54, 1.807) is 0 Å². The van der Waals surface area contributed by atoms with Crippen LogP contribution in [0.15, 0.2) is 36.1 Å². The molecule has 0 N–H and O–H groups in total. The first kappa shape index (κ1) is 9.97. The van der Waals surface area contributed by atoms with Gasteiger partial charge in [-0.25, -0.2) is 0 Å². The minimum absolute atomic E-state index is 0.0665. The zero-order chi connectivity index (χ0) is 10.8. The zero-order valence-electron chi connectivity index (χ0n) is 9.40. The minimum atomic E-state index is 0.0665. The van der Waals surface area contributed by atoms with Crippen LogP contribution < -0.4 is 0 Å². The highest BCUT2D eigenvalue weighted by molar-refractivity contribution is 5.68. The van der Waals surface area contributed by atoms with E-state index >= 15 is 0 Å². The maximum atomic E-state index is 5.65. The molecule has 2 heteroatoms. The van der Waals surface area contributed by atoms with Crippen LogP contribution in [0.5, 0.6) is 0 Å². The highest BCUT2D eigenvalue weighted by atomic mass is 16.5. The summed E-state index contributed by atoms with van der Waals surface area (Å²) < 4.78 is 7.77. The lowest BCUT2D eigenvalue weighted by molar-refractivity contribution is -0.531. The summed E-state index contributed by atoms with van der Waals surface area (Å²) in [5.74, 6) is 0.964. The van der Waals surface area contributed by atoms with Gasteiger partial charge in [0, 0.05) is 25.1 Å². The van der Waals surface area contributed by atoms with Gasteiger partial charge in [-0.05, 0) is 19.4 Å². The van der Waals surface area contributed by atoms with Crippen molar-refractivity contribution in [3.05, 3.63) is 41.7 Å².